The minimum atomic E-state index is -0.934. The van der Waals surface area contributed by atoms with Crippen molar-refractivity contribution in [2.75, 3.05) is 26.9 Å². The van der Waals surface area contributed by atoms with E-state index in [-0.39, 0.29) is 24.9 Å². The van der Waals surface area contributed by atoms with Crippen LogP contribution in [0.2, 0.25) is 5.02 Å². The van der Waals surface area contributed by atoms with Gasteiger partial charge in [-0.2, -0.15) is 0 Å². The zero-order valence-electron chi connectivity index (χ0n) is 18.7. The number of methoxy groups -OCH3 is 1. The van der Waals surface area contributed by atoms with Gasteiger partial charge >= 0.3 is 11.9 Å². The number of carbonyl (C=O) groups excluding carboxylic acids is 3. The topological polar surface area (TPSA) is 90.9 Å². The number of ketones is 1. The van der Waals surface area contributed by atoms with Gasteiger partial charge in [0.25, 0.3) is 0 Å². The number of ether oxygens (including phenoxy) is 3. The fourth-order valence-electron chi connectivity index (χ4n) is 4.39. The van der Waals surface area contributed by atoms with Crippen LogP contribution >= 0.6 is 11.6 Å². The number of rotatable bonds is 7. The summed E-state index contributed by atoms with van der Waals surface area (Å²) in [6.45, 7) is 6.36. The Morgan fingerprint density at radius 2 is 2.00 bits per heavy atom. The van der Waals surface area contributed by atoms with E-state index in [4.69, 9.17) is 25.8 Å². The molecule has 0 amide bonds. The summed E-state index contributed by atoms with van der Waals surface area (Å²) >= 11 is 6.24. The van der Waals surface area contributed by atoms with Crippen molar-refractivity contribution >= 4 is 29.3 Å². The van der Waals surface area contributed by atoms with E-state index in [1.807, 2.05) is 19.9 Å². The van der Waals surface area contributed by atoms with E-state index >= 15 is 0 Å². The van der Waals surface area contributed by atoms with Crippen molar-refractivity contribution < 1.29 is 28.6 Å². The Bertz CT molecular complexity index is 982. The van der Waals surface area contributed by atoms with Gasteiger partial charge in [-0.25, -0.2) is 4.79 Å². The third-order valence-electron chi connectivity index (χ3n) is 5.81. The fourth-order valence-corrected chi connectivity index (χ4v) is 4.58. The van der Waals surface area contributed by atoms with E-state index < -0.39 is 23.8 Å². The summed E-state index contributed by atoms with van der Waals surface area (Å²) in [5.74, 6) is -3.37. The zero-order chi connectivity index (χ0) is 23.4. The van der Waals surface area contributed by atoms with Gasteiger partial charge < -0.3 is 19.5 Å². The number of halogens is 1. The lowest BCUT2D eigenvalue weighted by Crippen LogP contribution is -2.43. The van der Waals surface area contributed by atoms with Crippen LogP contribution in [0.25, 0.3) is 0 Å². The second-order valence-corrected chi connectivity index (χ2v) is 8.36. The molecule has 0 aromatic heterocycles. The van der Waals surface area contributed by atoms with Gasteiger partial charge in [0.05, 0.1) is 19.3 Å². The molecule has 0 saturated carbocycles. The Labute approximate surface area is 192 Å². The summed E-state index contributed by atoms with van der Waals surface area (Å²) in [6, 6.07) is 7.02. The number of esters is 2. The summed E-state index contributed by atoms with van der Waals surface area (Å²) < 4.78 is 15.6. The second kappa shape index (κ2) is 10.3. The molecule has 1 aliphatic heterocycles. The molecule has 32 heavy (non-hydrogen) atoms. The number of hydrogen-bond donors (Lipinski definition) is 1. The van der Waals surface area contributed by atoms with Gasteiger partial charge in [-0.05, 0) is 43.9 Å². The predicted molar refractivity (Wildman–Crippen MR) is 119 cm³/mol. The van der Waals surface area contributed by atoms with Crippen LogP contribution in [0.1, 0.15) is 38.7 Å². The summed E-state index contributed by atoms with van der Waals surface area (Å²) in [7, 11) is 1.27. The van der Waals surface area contributed by atoms with Gasteiger partial charge in [0.1, 0.15) is 12.5 Å². The molecule has 1 aliphatic carbocycles. The van der Waals surface area contributed by atoms with Crippen LogP contribution in [0.5, 0.6) is 0 Å². The van der Waals surface area contributed by atoms with Crippen LogP contribution in [0.3, 0.4) is 0 Å². The number of benzene rings is 1. The van der Waals surface area contributed by atoms with E-state index in [1.54, 1.807) is 25.1 Å². The lowest BCUT2D eigenvalue weighted by molar-refractivity contribution is -0.151. The molecule has 2 aliphatic rings. The Morgan fingerprint density at radius 1 is 1.25 bits per heavy atom. The maximum atomic E-state index is 13.6. The van der Waals surface area contributed by atoms with Gasteiger partial charge in [0.2, 0.25) is 0 Å². The third-order valence-corrected chi connectivity index (χ3v) is 6.05. The lowest BCUT2D eigenvalue weighted by Gasteiger charge is -2.38. The third kappa shape index (κ3) is 4.74. The fraction of sp³-hybridized carbons (Fsp3) is 0.458. The Morgan fingerprint density at radius 3 is 2.66 bits per heavy atom. The standard InChI is InChI=1S/C24H28ClNO6/c1-5-31-9-10-32-24(29)19-14(3)26-17-11-13(2)18(23(28)30-4)22(27)21(17)20(19)15-7-6-8-16(25)12-15/h6-8,12-13,18,20,26H,5,9-11H2,1-4H3/t13-,18+,20+/m1/s1. The molecule has 172 valence electrons. The molecule has 3 rings (SSSR count). The molecule has 0 saturated heterocycles. The van der Waals surface area contributed by atoms with Gasteiger partial charge in [-0.15, -0.1) is 0 Å². The predicted octanol–water partition coefficient (Wildman–Crippen LogP) is 3.53. The molecule has 1 heterocycles. The number of carbonyl (C=O) groups is 3. The van der Waals surface area contributed by atoms with Crippen molar-refractivity contribution in [3.8, 4) is 0 Å². The molecule has 1 aromatic carbocycles. The summed E-state index contributed by atoms with van der Waals surface area (Å²) in [4.78, 5) is 39.1. The Balaban J connectivity index is 2.07. The first-order chi connectivity index (χ1) is 15.3. The highest BCUT2D eigenvalue weighted by molar-refractivity contribution is 6.30. The Hall–Kier alpha value is -2.64. The van der Waals surface area contributed by atoms with Crippen molar-refractivity contribution in [3.63, 3.8) is 0 Å². The van der Waals surface area contributed by atoms with Crippen molar-refractivity contribution in [2.24, 2.45) is 11.8 Å². The molecular weight excluding hydrogens is 434 g/mol. The minimum Gasteiger partial charge on any atom is -0.468 e. The quantitative estimate of drug-likeness (QED) is 0.377. The van der Waals surface area contributed by atoms with Gasteiger partial charge in [0, 0.05) is 34.5 Å². The zero-order valence-corrected chi connectivity index (χ0v) is 19.5. The summed E-state index contributed by atoms with van der Waals surface area (Å²) in [6.07, 6.45) is 0.474. The van der Waals surface area contributed by atoms with E-state index in [0.717, 1.165) is 0 Å². The summed E-state index contributed by atoms with van der Waals surface area (Å²) in [5, 5.41) is 3.70. The molecular formula is C24H28ClNO6. The van der Waals surface area contributed by atoms with E-state index in [9.17, 15) is 14.4 Å². The molecule has 8 heteroatoms. The average molecular weight is 462 g/mol. The molecule has 0 fully saturated rings. The summed E-state index contributed by atoms with van der Waals surface area (Å²) in [5.41, 5.74) is 2.67. The molecule has 0 unspecified atom stereocenters. The number of Topliss-reactive ketones (excluding diaryl/α,β-unsaturated/α-hetero) is 1. The van der Waals surface area contributed by atoms with Gasteiger partial charge in [0.15, 0.2) is 5.78 Å². The largest absolute Gasteiger partial charge is 0.468 e. The SMILES string of the molecule is CCOCCOC(=O)C1=C(C)NC2=C(C(=O)[C@@H](C(=O)OC)[C@H](C)C2)[C@H]1c1cccc(Cl)c1. The Kier molecular flexibility index (Phi) is 7.74. The normalized spacial score (nSPS) is 22.9. The highest BCUT2D eigenvalue weighted by Gasteiger charge is 2.47. The van der Waals surface area contributed by atoms with Crippen LogP contribution in [0.15, 0.2) is 46.8 Å². The number of dihydropyridines is 1. The first-order valence-corrected chi connectivity index (χ1v) is 11.0. The van der Waals surface area contributed by atoms with Gasteiger partial charge in [-0.1, -0.05) is 30.7 Å². The van der Waals surface area contributed by atoms with Crippen LogP contribution in [-0.4, -0.2) is 44.7 Å². The number of nitrogens with one attached hydrogen (secondary N) is 1. The smallest absolute Gasteiger partial charge is 0.336 e. The molecule has 0 bridgehead atoms. The lowest BCUT2D eigenvalue weighted by atomic mass is 9.69. The van der Waals surface area contributed by atoms with E-state index in [2.05, 4.69) is 5.32 Å². The first-order valence-electron chi connectivity index (χ1n) is 10.6. The first kappa shape index (κ1) is 24.0. The molecule has 7 nitrogen and oxygen atoms in total. The molecule has 0 spiro atoms. The van der Waals surface area contributed by atoms with E-state index in [1.165, 1.54) is 7.11 Å². The maximum absolute atomic E-state index is 13.6. The minimum absolute atomic E-state index is 0.0907. The highest BCUT2D eigenvalue weighted by Crippen LogP contribution is 2.45. The molecule has 1 N–H and O–H groups in total. The van der Waals surface area contributed by atoms with Crippen LogP contribution < -0.4 is 5.32 Å². The molecule has 0 radical (unpaired) electrons. The molecule has 1 aromatic rings. The van der Waals surface area contributed by atoms with Crippen molar-refractivity contribution in [2.45, 2.75) is 33.1 Å². The highest BCUT2D eigenvalue weighted by atomic mass is 35.5. The number of allylic oxidation sites excluding steroid dienone is 3. The monoisotopic (exact) mass is 461 g/mol. The second-order valence-electron chi connectivity index (χ2n) is 7.92. The maximum Gasteiger partial charge on any atom is 0.336 e. The average Bonchev–Trinajstić information content (AvgIpc) is 2.75. The van der Waals surface area contributed by atoms with E-state index in [0.29, 0.717) is 46.2 Å². The van der Waals surface area contributed by atoms with Crippen molar-refractivity contribution in [1.82, 2.24) is 5.32 Å². The van der Waals surface area contributed by atoms with Gasteiger partial charge in [-0.3, -0.25) is 9.59 Å². The van der Waals surface area contributed by atoms with Crippen LogP contribution in [0, 0.1) is 11.8 Å². The van der Waals surface area contributed by atoms with Crippen molar-refractivity contribution in [1.29, 1.82) is 0 Å². The number of hydrogen-bond acceptors (Lipinski definition) is 7. The van der Waals surface area contributed by atoms with Crippen LogP contribution in [0.4, 0.5) is 0 Å². The van der Waals surface area contributed by atoms with Crippen molar-refractivity contribution in [3.05, 3.63) is 57.4 Å². The van der Waals surface area contributed by atoms with Crippen LogP contribution in [-0.2, 0) is 28.6 Å². The molecule has 3 atom stereocenters.